The number of alkyl halides is 3. The molecule has 0 aliphatic rings. The molecule has 1 heterocycles. The standard InChI is InChI=1S/C18H13F4N3O3/c1-10-23-16-13(6-3-7-14(16)28-18(20,21)22)17(27)25(10)24-15(26)9-11-4-2-5-12(19)8-11/h2-8H,9H2,1H3,(H,24,26). The van der Waals surface area contributed by atoms with E-state index in [4.69, 9.17) is 0 Å². The van der Waals surface area contributed by atoms with Crippen molar-refractivity contribution in [1.29, 1.82) is 0 Å². The number of benzene rings is 2. The van der Waals surface area contributed by atoms with Crippen LogP contribution in [0.3, 0.4) is 0 Å². The van der Waals surface area contributed by atoms with Crippen LogP contribution in [0.4, 0.5) is 17.6 Å². The summed E-state index contributed by atoms with van der Waals surface area (Å²) in [6, 6.07) is 8.89. The molecular weight excluding hydrogens is 382 g/mol. The highest BCUT2D eigenvalue weighted by atomic mass is 19.4. The van der Waals surface area contributed by atoms with Gasteiger partial charge in [0.1, 0.15) is 17.2 Å². The Morgan fingerprint density at radius 2 is 1.93 bits per heavy atom. The molecule has 3 aromatic rings. The van der Waals surface area contributed by atoms with Gasteiger partial charge in [0.2, 0.25) is 5.91 Å². The Balaban J connectivity index is 1.94. The highest BCUT2D eigenvalue weighted by Gasteiger charge is 2.32. The molecule has 1 N–H and O–H groups in total. The average molecular weight is 395 g/mol. The molecular formula is C18H13F4N3O3. The molecule has 0 radical (unpaired) electrons. The second-order valence-corrected chi connectivity index (χ2v) is 5.84. The van der Waals surface area contributed by atoms with E-state index >= 15 is 0 Å². The van der Waals surface area contributed by atoms with Gasteiger partial charge in [0.25, 0.3) is 5.56 Å². The van der Waals surface area contributed by atoms with Crippen molar-refractivity contribution in [2.24, 2.45) is 0 Å². The number of ether oxygens (including phenoxy) is 1. The van der Waals surface area contributed by atoms with Crippen molar-refractivity contribution >= 4 is 16.8 Å². The average Bonchev–Trinajstić information content (AvgIpc) is 2.58. The van der Waals surface area contributed by atoms with Gasteiger partial charge in [0, 0.05) is 0 Å². The van der Waals surface area contributed by atoms with Crippen molar-refractivity contribution in [1.82, 2.24) is 9.66 Å². The number of carbonyl (C=O) groups is 1. The van der Waals surface area contributed by atoms with Crippen LogP contribution in [0.5, 0.6) is 5.75 Å². The minimum atomic E-state index is -4.95. The van der Waals surface area contributed by atoms with Crippen LogP contribution in [0, 0.1) is 12.7 Å². The van der Waals surface area contributed by atoms with Crippen LogP contribution < -0.4 is 15.7 Å². The highest BCUT2D eigenvalue weighted by Crippen LogP contribution is 2.28. The van der Waals surface area contributed by atoms with Crippen molar-refractivity contribution in [2.75, 3.05) is 5.43 Å². The van der Waals surface area contributed by atoms with E-state index in [2.05, 4.69) is 15.1 Å². The topological polar surface area (TPSA) is 73.2 Å². The molecule has 6 nitrogen and oxygen atoms in total. The van der Waals surface area contributed by atoms with Crippen LogP contribution in [0.25, 0.3) is 10.9 Å². The van der Waals surface area contributed by atoms with Crippen molar-refractivity contribution in [3.05, 3.63) is 70.0 Å². The zero-order valence-electron chi connectivity index (χ0n) is 14.4. The van der Waals surface area contributed by atoms with Crippen LogP contribution >= 0.6 is 0 Å². The molecule has 1 amide bonds. The molecule has 146 valence electrons. The van der Waals surface area contributed by atoms with Crippen molar-refractivity contribution in [3.63, 3.8) is 0 Å². The number of hydrogen-bond acceptors (Lipinski definition) is 4. The van der Waals surface area contributed by atoms with E-state index in [-0.39, 0.29) is 23.1 Å². The minimum Gasteiger partial charge on any atom is -0.403 e. The summed E-state index contributed by atoms with van der Waals surface area (Å²) >= 11 is 0. The van der Waals surface area contributed by atoms with Crippen molar-refractivity contribution in [2.45, 2.75) is 19.7 Å². The molecule has 0 aliphatic heterocycles. The Labute approximate surface area is 155 Å². The fraction of sp³-hybridized carbons (Fsp3) is 0.167. The van der Waals surface area contributed by atoms with Crippen LogP contribution in [0.1, 0.15) is 11.4 Å². The molecule has 0 unspecified atom stereocenters. The van der Waals surface area contributed by atoms with Crippen LogP contribution in [-0.4, -0.2) is 21.9 Å². The Kier molecular flexibility index (Phi) is 5.04. The minimum absolute atomic E-state index is 0.0525. The predicted molar refractivity (Wildman–Crippen MR) is 91.9 cm³/mol. The van der Waals surface area contributed by atoms with E-state index in [9.17, 15) is 27.2 Å². The van der Waals surface area contributed by atoms with Gasteiger partial charge in [-0.2, -0.15) is 0 Å². The number of aromatic nitrogens is 2. The summed E-state index contributed by atoms with van der Waals surface area (Å²) < 4.78 is 55.6. The molecule has 0 fully saturated rings. The normalized spacial score (nSPS) is 11.5. The van der Waals surface area contributed by atoms with Gasteiger partial charge in [-0.15, -0.1) is 13.2 Å². The summed E-state index contributed by atoms with van der Waals surface area (Å²) in [5.41, 5.74) is 1.66. The summed E-state index contributed by atoms with van der Waals surface area (Å²) in [6.07, 6.45) is -5.16. The number of halogens is 4. The van der Waals surface area contributed by atoms with E-state index in [1.54, 1.807) is 0 Å². The predicted octanol–water partition coefficient (Wildman–Crippen LogP) is 3.06. The van der Waals surface area contributed by atoms with Gasteiger partial charge < -0.3 is 4.74 Å². The molecule has 1 aromatic heterocycles. The second-order valence-electron chi connectivity index (χ2n) is 5.84. The maximum atomic E-state index is 13.2. The van der Waals surface area contributed by atoms with Gasteiger partial charge in [-0.25, -0.2) is 14.1 Å². The molecule has 10 heteroatoms. The summed E-state index contributed by atoms with van der Waals surface area (Å²) in [5.74, 6) is -1.81. The van der Waals surface area contributed by atoms with Crippen molar-refractivity contribution in [3.8, 4) is 5.75 Å². The maximum absolute atomic E-state index is 13.2. The summed E-state index contributed by atoms with van der Waals surface area (Å²) in [7, 11) is 0. The molecule has 3 rings (SSSR count). The first-order chi connectivity index (χ1) is 13.1. The quantitative estimate of drug-likeness (QED) is 0.690. The zero-order chi connectivity index (χ0) is 20.5. The number of carbonyl (C=O) groups excluding carboxylic acids is 1. The molecule has 0 saturated carbocycles. The SMILES string of the molecule is Cc1nc2c(OC(F)(F)F)cccc2c(=O)n1NC(=O)Cc1cccc(F)c1. The molecule has 0 atom stereocenters. The number of hydrogen-bond donors (Lipinski definition) is 1. The first-order valence-corrected chi connectivity index (χ1v) is 7.96. The van der Waals surface area contributed by atoms with Crippen LogP contribution in [0.15, 0.2) is 47.3 Å². The first kappa shape index (κ1) is 19.3. The van der Waals surface area contributed by atoms with Gasteiger partial charge in [-0.05, 0) is 36.8 Å². The Bertz CT molecular complexity index is 1110. The van der Waals surface area contributed by atoms with E-state index in [0.717, 1.165) is 10.7 Å². The highest BCUT2D eigenvalue weighted by molar-refractivity contribution is 5.87. The number of amides is 1. The van der Waals surface area contributed by atoms with E-state index in [1.165, 1.54) is 43.3 Å². The van der Waals surface area contributed by atoms with E-state index in [1.807, 2.05) is 0 Å². The molecule has 0 spiro atoms. The van der Waals surface area contributed by atoms with Crippen LogP contribution in [0.2, 0.25) is 0 Å². The second kappa shape index (κ2) is 7.29. The Morgan fingerprint density at radius 3 is 2.61 bits per heavy atom. The molecule has 2 aromatic carbocycles. The lowest BCUT2D eigenvalue weighted by molar-refractivity contribution is -0.274. The molecule has 28 heavy (non-hydrogen) atoms. The summed E-state index contributed by atoms with van der Waals surface area (Å²) in [4.78, 5) is 28.8. The Morgan fingerprint density at radius 1 is 1.21 bits per heavy atom. The molecule has 0 bridgehead atoms. The first-order valence-electron chi connectivity index (χ1n) is 7.96. The van der Waals surface area contributed by atoms with E-state index in [0.29, 0.717) is 5.56 Å². The van der Waals surface area contributed by atoms with Gasteiger partial charge >= 0.3 is 6.36 Å². The number of para-hydroxylation sites is 1. The van der Waals surface area contributed by atoms with Crippen LogP contribution in [-0.2, 0) is 11.2 Å². The Hall–Kier alpha value is -3.43. The fourth-order valence-corrected chi connectivity index (χ4v) is 2.62. The molecule has 0 aliphatic carbocycles. The lowest BCUT2D eigenvalue weighted by Gasteiger charge is -2.14. The number of rotatable bonds is 4. The van der Waals surface area contributed by atoms with Gasteiger partial charge in [0.05, 0.1) is 11.8 Å². The third kappa shape index (κ3) is 4.27. The zero-order valence-corrected chi connectivity index (χ0v) is 14.4. The number of nitrogens with zero attached hydrogens (tertiary/aromatic N) is 2. The summed E-state index contributed by atoms with van der Waals surface area (Å²) in [6.45, 7) is 1.34. The number of nitrogens with one attached hydrogen (secondary N) is 1. The van der Waals surface area contributed by atoms with E-state index < -0.39 is 29.4 Å². The third-order valence-electron chi connectivity index (χ3n) is 3.75. The number of aryl methyl sites for hydroxylation is 1. The monoisotopic (exact) mass is 395 g/mol. The third-order valence-corrected chi connectivity index (χ3v) is 3.75. The van der Waals surface area contributed by atoms with Gasteiger partial charge in [-0.3, -0.25) is 15.0 Å². The van der Waals surface area contributed by atoms with Crippen molar-refractivity contribution < 1.29 is 27.1 Å². The lowest BCUT2D eigenvalue weighted by atomic mass is 10.1. The molecule has 0 saturated heterocycles. The smallest absolute Gasteiger partial charge is 0.403 e. The largest absolute Gasteiger partial charge is 0.573 e. The fourth-order valence-electron chi connectivity index (χ4n) is 2.62. The van der Waals surface area contributed by atoms with Gasteiger partial charge in [0.15, 0.2) is 5.75 Å². The summed E-state index contributed by atoms with van der Waals surface area (Å²) in [5, 5.41) is -0.168. The van der Waals surface area contributed by atoms with Gasteiger partial charge in [-0.1, -0.05) is 18.2 Å². The lowest BCUT2D eigenvalue weighted by Crippen LogP contribution is -2.36. The maximum Gasteiger partial charge on any atom is 0.573 e. The number of fused-ring (bicyclic) bond motifs is 1.